The van der Waals surface area contributed by atoms with Crippen LogP contribution in [-0.2, 0) is 6.54 Å². The van der Waals surface area contributed by atoms with Gasteiger partial charge in [-0.25, -0.2) is 9.37 Å². The highest BCUT2D eigenvalue weighted by Gasteiger charge is 2.15. The average molecular weight is 329 g/mol. The minimum absolute atomic E-state index is 0.0192. The summed E-state index contributed by atoms with van der Waals surface area (Å²) in [5, 5.41) is 3.45. The van der Waals surface area contributed by atoms with E-state index in [1.165, 1.54) is 17.4 Å². The predicted octanol–water partition coefficient (Wildman–Crippen LogP) is 3.28. The van der Waals surface area contributed by atoms with E-state index in [0.29, 0.717) is 11.0 Å². The minimum atomic E-state index is -0.544. The van der Waals surface area contributed by atoms with Crippen molar-refractivity contribution in [1.29, 1.82) is 0 Å². The Morgan fingerprint density at radius 3 is 2.94 bits per heavy atom. The first kappa shape index (κ1) is 13.2. The number of rotatable bonds is 3. The van der Waals surface area contributed by atoms with E-state index in [1.807, 2.05) is 6.92 Å². The molecule has 0 saturated heterocycles. The van der Waals surface area contributed by atoms with E-state index >= 15 is 0 Å². The van der Waals surface area contributed by atoms with Crippen molar-refractivity contribution in [3.8, 4) is 0 Å². The monoisotopic (exact) mass is 328 g/mol. The quantitative estimate of drug-likeness (QED) is 0.939. The summed E-state index contributed by atoms with van der Waals surface area (Å²) in [7, 11) is 0. The van der Waals surface area contributed by atoms with Crippen LogP contribution in [0.4, 0.5) is 4.39 Å². The molecule has 0 unspecified atom stereocenters. The molecule has 6 heteroatoms. The summed E-state index contributed by atoms with van der Waals surface area (Å²) in [6, 6.07) is 4.43. The van der Waals surface area contributed by atoms with Crippen LogP contribution in [0.3, 0.4) is 0 Å². The van der Waals surface area contributed by atoms with E-state index in [1.54, 1.807) is 18.3 Å². The molecule has 0 atom stereocenters. The molecule has 1 amide bonds. The second-order valence-electron chi connectivity index (χ2n) is 3.64. The number of nitrogens with one attached hydrogen (secondary N) is 1. The van der Waals surface area contributed by atoms with Gasteiger partial charge in [0.05, 0.1) is 12.1 Å². The number of nitrogens with zero attached hydrogens (tertiary/aromatic N) is 1. The second-order valence-corrected chi connectivity index (χ2v) is 5.82. The van der Waals surface area contributed by atoms with Gasteiger partial charge in [0, 0.05) is 15.5 Å². The van der Waals surface area contributed by atoms with Gasteiger partial charge in [0.1, 0.15) is 10.8 Å². The first-order valence-electron chi connectivity index (χ1n) is 5.21. The van der Waals surface area contributed by atoms with Gasteiger partial charge in [0.25, 0.3) is 5.91 Å². The Labute approximate surface area is 116 Å². The van der Waals surface area contributed by atoms with Gasteiger partial charge in [-0.05, 0) is 35.0 Å². The van der Waals surface area contributed by atoms with Crippen LogP contribution in [0.1, 0.15) is 20.2 Å². The first-order chi connectivity index (χ1) is 8.58. The second kappa shape index (κ2) is 5.58. The van der Waals surface area contributed by atoms with E-state index in [4.69, 9.17) is 0 Å². The number of amides is 1. The number of hydrogen-bond acceptors (Lipinski definition) is 3. The van der Waals surface area contributed by atoms with E-state index in [9.17, 15) is 9.18 Å². The Morgan fingerprint density at radius 1 is 1.56 bits per heavy atom. The van der Waals surface area contributed by atoms with Crippen LogP contribution in [0.5, 0.6) is 0 Å². The number of thiazole rings is 1. The molecule has 0 aliphatic carbocycles. The predicted molar refractivity (Wildman–Crippen MR) is 72.1 cm³/mol. The van der Waals surface area contributed by atoms with Crippen molar-refractivity contribution < 1.29 is 9.18 Å². The Kier molecular flexibility index (Phi) is 4.08. The van der Waals surface area contributed by atoms with Crippen LogP contribution < -0.4 is 5.32 Å². The van der Waals surface area contributed by atoms with Crippen molar-refractivity contribution in [2.45, 2.75) is 13.5 Å². The minimum Gasteiger partial charge on any atom is -0.345 e. The van der Waals surface area contributed by atoms with E-state index in [-0.39, 0.29) is 5.56 Å². The number of aryl methyl sites for hydroxylation is 1. The molecular formula is C12H10BrFN2OS. The van der Waals surface area contributed by atoms with Crippen LogP contribution >= 0.6 is 27.3 Å². The molecule has 1 N–H and O–H groups in total. The molecule has 3 nitrogen and oxygen atoms in total. The lowest BCUT2D eigenvalue weighted by atomic mass is 10.2. The smallest absolute Gasteiger partial charge is 0.255 e. The molecule has 18 heavy (non-hydrogen) atoms. The zero-order valence-corrected chi connectivity index (χ0v) is 11.9. The van der Waals surface area contributed by atoms with Crippen molar-refractivity contribution in [3.63, 3.8) is 0 Å². The fourth-order valence-corrected chi connectivity index (χ4v) is 2.69. The molecule has 0 bridgehead atoms. The molecule has 0 aliphatic heterocycles. The first-order valence-corrected chi connectivity index (χ1v) is 6.82. The molecule has 0 spiro atoms. The van der Waals surface area contributed by atoms with Crippen molar-refractivity contribution in [2.24, 2.45) is 0 Å². The Bertz CT molecular complexity index is 565. The third-order valence-corrected chi connectivity index (χ3v) is 3.83. The van der Waals surface area contributed by atoms with Gasteiger partial charge < -0.3 is 5.32 Å². The van der Waals surface area contributed by atoms with Gasteiger partial charge in [-0.2, -0.15) is 0 Å². The highest BCUT2D eigenvalue weighted by Crippen LogP contribution is 2.19. The number of benzene rings is 1. The summed E-state index contributed by atoms with van der Waals surface area (Å²) >= 11 is 4.67. The Morgan fingerprint density at radius 2 is 2.33 bits per heavy atom. The summed E-state index contributed by atoms with van der Waals surface area (Å²) < 4.78 is 14.0. The lowest BCUT2D eigenvalue weighted by Crippen LogP contribution is -2.24. The van der Waals surface area contributed by atoms with Crippen molar-refractivity contribution in [1.82, 2.24) is 10.3 Å². The molecule has 0 fully saturated rings. The number of hydrogen-bond donors (Lipinski definition) is 1. The van der Waals surface area contributed by atoms with Crippen molar-refractivity contribution >= 4 is 33.2 Å². The summed E-state index contributed by atoms with van der Waals surface area (Å²) in [6.45, 7) is 2.24. The van der Waals surface area contributed by atoms with E-state index in [0.717, 1.165) is 9.88 Å². The molecule has 1 heterocycles. The van der Waals surface area contributed by atoms with Crippen LogP contribution in [-0.4, -0.2) is 10.9 Å². The van der Waals surface area contributed by atoms with Gasteiger partial charge in [-0.15, -0.1) is 11.3 Å². The Balaban J connectivity index is 2.08. The van der Waals surface area contributed by atoms with Crippen LogP contribution in [0.25, 0.3) is 0 Å². The molecule has 0 aliphatic rings. The lowest BCUT2D eigenvalue weighted by molar-refractivity contribution is 0.0946. The van der Waals surface area contributed by atoms with Gasteiger partial charge in [0.2, 0.25) is 0 Å². The maximum Gasteiger partial charge on any atom is 0.255 e. The van der Waals surface area contributed by atoms with Gasteiger partial charge >= 0.3 is 0 Å². The zero-order valence-electron chi connectivity index (χ0n) is 9.54. The zero-order chi connectivity index (χ0) is 13.1. The Hall–Kier alpha value is -1.27. The highest BCUT2D eigenvalue weighted by atomic mass is 79.9. The average Bonchev–Trinajstić information content (AvgIpc) is 2.72. The largest absolute Gasteiger partial charge is 0.345 e. The van der Waals surface area contributed by atoms with Crippen molar-refractivity contribution in [2.75, 3.05) is 0 Å². The third kappa shape index (κ3) is 2.94. The summed E-state index contributed by atoms with van der Waals surface area (Å²) in [5.74, 6) is -0.995. The number of aromatic nitrogens is 1. The fraction of sp³-hybridized carbons (Fsp3) is 0.167. The topological polar surface area (TPSA) is 42.0 Å². The van der Waals surface area contributed by atoms with Gasteiger partial charge in [-0.1, -0.05) is 6.07 Å². The maximum atomic E-state index is 13.5. The molecule has 2 aromatic rings. The van der Waals surface area contributed by atoms with Gasteiger partial charge in [0.15, 0.2) is 0 Å². The molecule has 2 rings (SSSR count). The van der Waals surface area contributed by atoms with E-state index in [2.05, 4.69) is 26.2 Å². The van der Waals surface area contributed by atoms with E-state index < -0.39 is 11.7 Å². The highest BCUT2D eigenvalue weighted by molar-refractivity contribution is 9.10. The maximum absolute atomic E-state index is 13.5. The molecule has 0 saturated carbocycles. The third-order valence-electron chi connectivity index (χ3n) is 2.26. The van der Waals surface area contributed by atoms with Gasteiger partial charge in [-0.3, -0.25) is 4.79 Å². The number of carbonyl (C=O) groups is 1. The molecular weight excluding hydrogens is 319 g/mol. The van der Waals surface area contributed by atoms with Crippen molar-refractivity contribution in [3.05, 3.63) is 50.1 Å². The van der Waals surface area contributed by atoms with Crippen LogP contribution in [0.2, 0.25) is 0 Å². The normalized spacial score (nSPS) is 10.4. The SMILES string of the molecule is Cc1cnc(CNC(=O)c2c(F)cccc2Br)s1. The summed E-state index contributed by atoms with van der Waals surface area (Å²) in [6.07, 6.45) is 1.74. The summed E-state index contributed by atoms with van der Waals surface area (Å²) in [5.41, 5.74) is 0.0192. The molecule has 1 aromatic heterocycles. The van der Waals surface area contributed by atoms with Crippen LogP contribution in [0, 0.1) is 12.7 Å². The standard InChI is InChI=1S/C12H10BrFN2OS/c1-7-5-15-10(18-7)6-16-12(17)11-8(13)3-2-4-9(11)14/h2-5H,6H2,1H3,(H,16,17). The summed E-state index contributed by atoms with van der Waals surface area (Å²) in [4.78, 5) is 17.1. The fourth-order valence-electron chi connectivity index (χ4n) is 1.44. The molecule has 1 aromatic carbocycles. The molecule has 94 valence electrons. The lowest BCUT2D eigenvalue weighted by Gasteiger charge is -2.06. The molecule has 0 radical (unpaired) electrons. The number of carbonyl (C=O) groups excluding carboxylic acids is 1. The number of halogens is 2. The van der Waals surface area contributed by atoms with Crippen LogP contribution in [0.15, 0.2) is 28.9 Å².